The molecule has 3 aromatic rings. The Bertz CT molecular complexity index is 1070. The van der Waals surface area contributed by atoms with Crippen LogP contribution in [0, 0.1) is 5.92 Å². The van der Waals surface area contributed by atoms with Crippen molar-refractivity contribution in [3.63, 3.8) is 0 Å². The molecule has 0 N–H and O–H groups in total. The standard InChI is InChI=1S/C26H27FN2O2/c27-18-19-9-10-24-22(15-19)17-25(20-5-2-1-3-6-20)29(24)23-8-4-7-21(16-23)26(30)28-11-13-31-14-12-28/h1-8,16-17,19H,9-15,18H2. The quantitative estimate of drug-likeness (QED) is 0.616. The van der Waals surface area contributed by atoms with E-state index in [2.05, 4.69) is 28.8 Å². The molecule has 2 aliphatic rings. The largest absolute Gasteiger partial charge is 0.378 e. The summed E-state index contributed by atoms with van der Waals surface area (Å²) in [7, 11) is 0. The lowest BCUT2D eigenvalue weighted by molar-refractivity contribution is 0.0303. The molecule has 1 aliphatic heterocycles. The third-order valence-electron chi connectivity index (χ3n) is 6.43. The van der Waals surface area contributed by atoms with Gasteiger partial charge in [0.05, 0.1) is 25.6 Å². The molecular formula is C26H27FN2O2. The van der Waals surface area contributed by atoms with Crippen LogP contribution in [0.1, 0.15) is 28.0 Å². The first-order valence-corrected chi connectivity index (χ1v) is 11.1. The van der Waals surface area contributed by atoms with Crippen molar-refractivity contribution in [1.82, 2.24) is 9.47 Å². The van der Waals surface area contributed by atoms with E-state index in [0.29, 0.717) is 31.9 Å². The number of benzene rings is 2. The topological polar surface area (TPSA) is 34.5 Å². The second kappa shape index (κ2) is 8.67. The smallest absolute Gasteiger partial charge is 0.254 e. The Hall–Kier alpha value is -2.92. The number of amides is 1. The number of ether oxygens (including phenoxy) is 1. The fourth-order valence-corrected chi connectivity index (χ4v) is 4.78. The minimum Gasteiger partial charge on any atom is -0.378 e. The second-order valence-corrected chi connectivity index (χ2v) is 8.42. The number of alkyl halides is 1. The Kier molecular flexibility index (Phi) is 5.60. The molecule has 0 saturated carbocycles. The average Bonchev–Trinajstić information content (AvgIpc) is 3.23. The minimum absolute atomic E-state index is 0.0462. The summed E-state index contributed by atoms with van der Waals surface area (Å²) in [5.41, 5.74) is 6.35. The predicted molar refractivity (Wildman–Crippen MR) is 119 cm³/mol. The number of morpholine rings is 1. The summed E-state index contributed by atoms with van der Waals surface area (Å²) in [4.78, 5) is 14.9. The third-order valence-corrected chi connectivity index (χ3v) is 6.43. The highest BCUT2D eigenvalue weighted by atomic mass is 19.1. The van der Waals surface area contributed by atoms with Crippen LogP contribution in [0.4, 0.5) is 4.39 Å². The van der Waals surface area contributed by atoms with Crippen molar-refractivity contribution >= 4 is 5.91 Å². The van der Waals surface area contributed by atoms with Crippen LogP contribution < -0.4 is 0 Å². The van der Waals surface area contributed by atoms with E-state index in [4.69, 9.17) is 4.74 Å². The molecular weight excluding hydrogens is 391 g/mol. The molecule has 0 bridgehead atoms. The van der Waals surface area contributed by atoms with Crippen LogP contribution in [0.15, 0.2) is 60.7 Å². The zero-order chi connectivity index (χ0) is 21.2. The molecule has 31 heavy (non-hydrogen) atoms. The first kappa shape index (κ1) is 20.0. The van der Waals surface area contributed by atoms with Gasteiger partial charge in [-0.3, -0.25) is 9.18 Å². The van der Waals surface area contributed by atoms with Crippen molar-refractivity contribution in [3.05, 3.63) is 77.5 Å². The lowest BCUT2D eigenvalue weighted by atomic mass is 9.88. The molecule has 1 amide bonds. The van der Waals surface area contributed by atoms with Crippen LogP contribution in [0.2, 0.25) is 0 Å². The van der Waals surface area contributed by atoms with Gasteiger partial charge in [-0.1, -0.05) is 36.4 Å². The Labute approximate surface area is 182 Å². The molecule has 1 atom stereocenters. The second-order valence-electron chi connectivity index (χ2n) is 8.42. The van der Waals surface area contributed by atoms with E-state index in [9.17, 15) is 9.18 Å². The number of halogens is 1. The molecule has 1 fully saturated rings. The zero-order valence-corrected chi connectivity index (χ0v) is 17.6. The summed E-state index contributed by atoms with van der Waals surface area (Å²) in [6.07, 6.45) is 2.47. The number of fused-ring (bicyclic) bond motifs is 1. The summed E-state index contributed by atoms with van der Waals surface area (Å²) in [5.74, 6) is 0.145. The van der Waals surface area contributed by atoms with Crippen molar-refractivity contribution in [2.45, 2.75) is 19.3 Å². The van der Waals surface area contributed by atoms with Gasteiger partial charge >= 0.3 is 0 Å². The number of nitrogens with zero attached hydrogens (tertiary/aromatic N) is 2. The van der Waals surface area contributed by atoms with E-state index in [-0.39, 0.29) is 18.5 Å². The van der Waals surface area contributed by atoms with Crippen LogP contribution in [-0.2, 0) is 17.6 Å². The molecule has 1 aliphatic carbocycles. The molecule has 5 heteroatoms. The molecule has 5 rings (SSSR count). The predicted octanol–water partition coefficient (Wildman–Crippen LogP) is 4.69. The van der Waals surface area contributed by atoms with Crippen molar-refractivity contribution in [3.8, 4) is 16.9 Å². The van der Waals surface area contributed by atoms with E-state index in [0.717, 1.165) is 36.2 Å². The number of rotatable bonds is 4. The highest BCUT2D eigenvalue weighted by molar-refractivity contribution is 5.95. The summed E-state index contributed by atoms with van der Waals surface area (Å²) in [6, 6.07) is 20.4. The van der Waals surface area contributed by atoms with Gasteiger partial charge < -0.3 is 14.2 Å². The fraction of sp³-hybridized carbons (Fsp3) is 0.346. The number of hydrogen-bond donors (Lipinski definition) is 0. The third kappa shape index (κ3) is 3.90. The van der Waals surface area contributed by atoms with Gasteiger partial charge in [0.2, 0.25) is 0 Å². The molecule has 0 spiro atoms. The van der Waals surface area contributed by atoms with E-state index in [1.807, 2.05) is 41.3 Å². The van der Waals surface area contributed by atoms with Crippen LogP contribution in [0.3, 0.4) is 0 Å². The fourth-order valence-electron chi connectivity index (χ4n) is 4.78. The van der Waals surface area contributed by atoms with Crippen molar-refractivity contribution in [2.24, 2.45) is 5.92 Å². The maximum Gasteiger partial charge on any atom is 0.254 e. The zero-order valence-electron chi connectivity index (χ0n) is 17.6. The summed E-state index contributed by atoms with van der Waals surface area (Å²) >= 11 is 0. The molecule has 160 valence electrons. The number of aromatic nitrogens is 1. The number of carbonyl (C=O) groups excluding carboxylic acids is 1. The van der Waals surface area contributed by atoms with Crippen molar-refractivity contribution < 1.29 is 13.9 Å². The van der Waals surface area contributed by atoms with Crippen LogP contribution in [0.25, 0.3) is 16.9 Å². The van der Waals surface area contributed by atoms with Crippen LogP contribution in [-0.4, -0.2) is 48.4 Å². The van der Waals surface area contributed by atoms with Gasteiger partial charge in [-0.05, 0) is 60.6 Å². The molecule has 1 unspecified atom stereocenters. The summed E-state index contributed by atoms with van der Waals surface area (Å²) in [6.45, 7) is 2.16. The molecule has 1 aromatic heterocycles. The Balaban J connectivity index is 1.58. The monoisotopic (exact) mass is 418 g/mol. The average molecular weight is 419 g/mol. The van der Waals surface area contributed by atoms with Gasteiger partial charge in [-0.2, -0.15) is 0 Å². The van der Waals surface area contributed by atoms with E-state index < -0.39 is 0 Å². The van der Waals surface area contributed by atoms with Gasteiger partial charge in [0.1, 0.15) is 0 Å². The van der Waals surface area contributed by atoms with Crippen LogP contribution >= 0.6 is 0 Å². The minimum atomic E-state index is -0.269. The summed E-state index contributed by atoms with van der Waals surface area (Å²) in [5, 5.41) is 0. The lowest BCUT2D eigenvalue weighted by Crippen LogP contribution is -2.40. The molecule has 0 radical (unpaired) electrons. The Morgan fingerprint density at radius 1 is 1.03 bits per heavy atom. The summed E-state index contributed by atoms with van der Waals surface area (Å²) < 4.78 is 21.0. The number of hydrogen-bond acceptors (Lipinski definition) is 2. The number of carbonyl (C=O) groups is 1. The molecule has 2 heterocycles. The molecule has 4 nitrogen and oxygen atoms in total. The van der Waals surface area contributed by atoms with Crippen molar-refractivity contribution in [1.29, 1.82) is 0 Å². The maximum absolute atomic E-state index is 13.4. The van der Waals surface area contributed by atoms with Crippen LogP contribution in [0.5, 0.6) is 0 Å². The first-order valence-electron chi connectivity index (χ1n) is 11.1. The van der Waals surface area contributed by atoms with Gasteiger partial charge in [0, 0.05) is 30.0 Å². The van der Waals surface area contributed by atoms with E-state index in [1.165, 1.54) is 11.3 Å². The highest BCUT2D eigenvalue weighted by Crippen LogP contribution is 2.36. The van der Waals surface area contributed by atoms with Gasteiger partial charge in [0.25, 0.3) is 5.91 Å². The Morgan fingerprint density at radius 2 is 1.84 bits per heavy atom. The maximum atomic E-state index is 13.4. The SMILES string of the molecule is O=C(c1cccc(-n2c(-c3ccccc3)cc3c2CCC(CF)C3)c1)N1CCOCC1. The van der Waals surface area contributed by atoms with Gasteiger partial charge in [-0.15, -0.1) is 0 Å². The van der Waals surface area contributed by atoms with E-state index in [1.54, 1.807) is 0 Å². The Morgan fingerprint density at radius 3 is 2.61 bits per heavy atom. The van der Waals surface area contributed by atoms with E-state index >= 15 is 0 Å². The molecule has 2 aromatic carbocycles. The van der Waals surface area contributed by atoms with Gasteiger partial charge in [0.15, 0.2) is 0 Å². The van der Waals surface area contributed by atoms with Crippen molar-refractivity contribution in [2.75, 3.05) is 33.0 Å². The lowest BCUT2D eigenvalue weighted by Gasteiger charge is -2.27. The first-order chi connectivity index (χ1) is 15.2. The molecule has 1 saturated heterocycles. The highest BCUT2D eigenvalue weighted by Gasteiger charge is 2.26. The van der Waals surface area contributed by atoms with Gasteiger partial charge in [-0.25, -0.2) is 0 Å². The normalized spacial score (nSPS) is 18.6.